The molecule has 4 heteroatoms. The summed E-state index contributed by atoms with van der Waals surface area (Å²) in [5.41, 5.74) is 3.67. The third kappa shape index (κ3) is 3.74. The summed E-state index contributed by atoms with van der Waals surface area (Å²) in [6, 6.07) is 15.6. The molecule has 0 amide bonds. The molecule has 0 bridgehead atoms. The number of methoxy groups -OCH3 is 1. The zero-order valence-electron chi connectivity index (χ0n) is 11.2. The van der Waals surface area contributed by atoms with E-state index in [0.29, 0.717) is 23.7 Å². The number of nitrogens with zero attached hydrogens (tertiary/aromatic N) is 1. The number of anilines is 1. The van der Waals surface area contributed by atoms with Crippen LogP contribution in [0.5, 0.6) is 0 Å². The normalized spacial score (nSPS) is 10.1. The van der Waals surface area contributed by atoms with Crippen molar-refractivity contribution in [2.75, 3.05) is 12.4 Å². The maximum Gasteiger partial charge on any atom is 0.101 e. The van der Waals surface area contributed by atoms with Gasteiger partial charge in [-0.3, -0.25) is 0 Å². The molecule has 2 aromatic carbocycles. The molecule has 0 aliphatic carbocycles. The molecule has 20 heavy (non-hydrogen) atoms. The minimum absolute atomic E-state index is 0.474. The Balaban J connectivity index is 2.00. The molecule has 102 valence electrons. The molecular weight excluding hydrogens is 272 g/mol. The number of hydrogen-bond donors (Lipinski definition) is 1. The highest BCUT2D eigenvalue weighted by molar-refractivity contribution is 6.31. The van der Waals surface area contributed by atoms with E-state index < -0.39 is 0 Å². The molecule has 0 saturated carbocycles. The van der Waals surface area contributed by atoms with Crippen molar-refractivity contribution in [2.24, 2.45) is 0 Å². The van der Waals surface area contributed by atoms with Crippen molar-refractivity contribution >= 4 is 17.3 Å². The van der Waals surface area contributed by atoms with E-state index in [1.165, 1.54) is 5.56 Å². The Hall–Kier alpha value is -2.02. The van der Waals surface area contributed by atoms with Gasteiger partial charge in [-0.1, -0.05) is 35.9 Å². The quantitative estimate of drug-likeness (QED) is 0.904. The number of benzene rings is 2. The van der Waals surface area contributed by atoms with E-state index in [1.807, 2.05) is 18.2 Å². The minimum Gasteiger partial charge on any atom is -0.381 e. The van der Waals surface area contributed by atoms with E-state index in [-0.39, 0.29) is 0 Å². The molecule has 0 saturated heterocycles. The summed E-state index contributed by atoms with van der Waals surface area (Å²) in [7, 11) is 1.68. The molecule has 0 unspecified atom stereocenters. The first-order chi connectivity index (χ1) is 9.72. The van der Waals surface area contributed by atoms with Crippen LogP contribution in [0.4, 0.5) is 5.69 Å². The zero-order valence-corrected chi connectivity index (χ0v) is 11.9. The molecule has 0 aliphatic rings. The standard InChI is InChI=1S/C16H15ClN2O/c1-20-11-13-4-2-12(3-5-13)10-19-15-6-7-16(17)14(8-15)9-18/h2-8,19H,10-11H2,1H3. The lowest BCUT2D eigenvalue weighted by molar-refractivity contribution is 0.185. The average molecular weight is 287 g/mol. The molecule has 0 radical (unpaired) electrons. The third-order valence-corrected chi connectivity index (χ3v) is 3.25. The van der Waals surface area contributed by atoms with Gasteiger partial charge in [0.05, 0.1) is 17.2 Å². The first-order valence-electron chi connectivity index (χ1n) is 6.23. The highest BCUT2D eigenvalue weighted by Crippen LogP contribution is 2.20. The third-order valence-electron chi connectivity index (χ3n) is 2.92. The zero-order chi connectivity index (χ0) is 14.4. The minimum atomic E-state index is 0.474. The van der Waals surface area contributed by atoms with Crippen LogP contribution >= 0.6 is 11.6 Å². The molecule has 0 spiro atoms. The maximum atomic E-state index is 8.94. The van der Waals surface area contributed by atoms with Gasteiger partial charge in [-0.2, -0.15) is 5.26 Å². The highest BCUT2D eigenvalue weighted by atomic mass is 35.5. The monoisotopic (exact) mass is 286 g/mol. The van der Waals surface area contributed by atoms with Gasteiger partial charge in [0.25, 0.3) is 0 Å². The maximum absolute atomic E-state index is 8.94. The molecule has 3 nitrogen and oxygen atoms in total. The summed E-state index contributed by atoms with van der Waals surface area (Å²) >= 11 is 5.90. The van der Waals surface area contributed by atoms with Crippen LogP contribution in [0.25, 0.3) is 0 Å². The van der Waals surface area contributed by atoms with Gasteiger partial charge < -0.3 is 10.1 Å². The van der Waals surface area contributed by atoms with E-state index in [4.69, 9.17) is 21.6 Å². The summed E-state index contributed by atoms with van der Waals surface area (Å²) in [4.78, 5) is 0. The topological polar surface area (TPSA) is 45.0 Å². The smallest absolute Gasteiger partial charge is 0.101 e. The van der Waals surface area contributed by atoms with E-state index in [1.54, 1.807) is 19.2 Å². The Morgan fingerprint density at radius 3 is 2.50 bits per heavy atom. The van der Waals surface area contributed by atoms with Crippen molar-refractivity contribution in [1.82, 2.24) is 0 Å². The van der Waals surface area contributed by atoms with Crippen LogP contribution in [0.2, 0.25) is 5.02 Å². The molecule has 0 aromatic heterocycles. The number of ether oxygens (including phenoxy) is 1. The Morgan fingerprint density at radius 2 is 1.85 bits per heavy atom. The molecule has 0 heterocycles. The van der Waals surface area contributed by atoms with Crippen molar-refractivity contribution in [2.45, 2.75) is 13.2 Å². The largest absolute Gasteiger partial charge is 0.381 e. The van der Waals surface area contributed by atoms with Crippen LogP contribution in [0.3, 0.4) is 0 Å². The predicted molar refractivity (Wildman–Crippen MR) is 80.6 cm³/mol. The summed E-state index contributed by atoms with van der Waals surface area (Å²) in [5, 5.41) is 12.7. The van der Waals surface area contributed by atoms with Crippen LogP contribution in [0, 0.1) is 11.3 Å². The van der Waals surface area contributed by atoms with Crippen LogP contribution in [0.15, 0.2) is 42.5 Å². The van der Waals surface area contributed by atoms with Gasteiger partial charge in [-0.25, -0.2) is 0 Å². The van der Waals surface area contributed by atoms with Gasteiger partial charge in [-0.05, 0) is 29.3 Å². The SMILES string of the molecule is COCc1ccc(CNc2ccc(Cl)c(C#N)c2)cc1. The molecule has 1 N–H and O–H groups in total. The Kier molecular flexibility index (Phi) is 5.00. The number of rotatable bonds is 5. The van der Waals surface area contributed by atoms with Gasteiger partial charge in [0.1, 0.15) is 6.07 Å². The van der Waals surface area contributed by atoms with E-state index in [0.717, 1.165) is 11.3 Å². The summed E-state index contributed by atoms with van der Waals surface area (Å²) in [5.74, 6) is 0. The Bertz CT molecular complexity index is 617. The molecule has 0 fully saturated rings. The van der Waals surface area contributed by atoms with Crippen molar-refractivity contribution in [3.05, 3.63) is 64.2 Å². The Morgan fingerprint density at radius 1 is 1.15 bits per heavy atom. The van der Waals surface area contributed by atoms with E-state index in [2.05, 4.69) is 23.5 Å². The number of hydrogen-bond acceptors (Lipinski definition) is 3. The van der Waals surface area contributed by atoms with Crippen molar-refractivity contribution in [3.63, 3.8) is 0 Å². The van der Waals surface area contributed by atoms with Crippen molar-refractivity contribution < 1.29 is 4.74 Å². The van der Waals surface area contributed by atoms with E-state index in [9.17, 15) is 0 Å². The first kappa shape index (κ1) is 14.4. The second kappa shape index (κ2) is 6.95. The predicted octanol–water partition coefficient (Wildman–Crippen LogP) is 3.97. The van der Waals surface area contributed by atoms with Crippen LogP contribution in [0.1, 0.15) is 16.7 Å². The van der Waals surface area contributed by atoms with Gasteiger partial charge in [0.15, 0.2) is 0 Å². The molecule has 2 rings (SSSR count). The lowest BCUT2D eigenvalue weighted by atomic mass is 10.1. The number of nitriles is 1. The van der Waals surface area contributed by atoms with Crippen LogP contribution < -0.4 is 5.32 Å². The molecule has 0 aliphatic heterocycles. The fourth-order valence-corrected chi connectivity index (χ4v) is 2.00. The second-order valence-corrected chi connectivity index (χ2v) is 4.82. The summed E-state index contributed by atoms with van der Waals surface area (Å²) in [6.45, 7) is 1.32. The molecular formula is C16H15ClN2O. The summed E-state index contributed by atoms with van der Waals surface area (Å²) in [6.07, 6.45) is 0. The highest BCUT2D eigenvalue weighted by Gasteiger charge is 2.01. The van der Waals surface area contributed by atoms with Crippen molar-refractivity contribution in [3.8, 4) is 6.07 Å². The number of halogens is 1. The molecule has 0 atom stereocenters. The van der Waals surface area contributed by atoms with E-state index >= 15 is 0 Å². The average Bonchev–Trinajstić information content (AvgIpc) is 2.48. The first-order valence-corrected chi connectivity index (χ1v) is 6.61. The lowest BCUT2D eigenvalue weighted by Gasteiger charge is -2.08. The fourth-order valence-electron chi connectivity index (χ4n) is 1.85. The lowest BCUT2D eigenvalue weighted by Crippen LogP contribution is -2.00. The summed E-state index contributed by atoms with van der Waals surface area (Å²) < 4.78 is 5.08. The molecule has 2 aromatic rings. The second-order valence-electron chi connectivity index (χ2n) is 4.41. The van der Waals surface area contributed by atoms with Gasteiger partial charge in [-0.15, -0.1) is 0 Å². The van der Waals surface area contributed by atoms with Crippen LogP contribution in [-0.2, 0) is 17.9 Å². The van der Waals surface area contributed by atoms with Gasteiger partial charge in [0, 0.05) is 19.3 Å². The van der Waals surface area contributed by atoms with Crippen LogP contribution in [-0.4, -0.2) is 7.11 Å². The van der Waals surface area contributed by atoms with Crippen molar-refractivity contribution in [1.29, 1.82) is 5.26 Å². The Labute approximate surface area is 123 Å². The van der Waals surface area contributed by atoms with Gasteiger partial charge in [0.2, 0.25) is 0 Å². The fraction of sp³-hybridized carbons (Fsp3) is 0.188. The van der Waals surface area contributed by atoms with Gasteiger partial charge >= 0.3 is 0 Å². The number of nitrogens with one attached hydrogen (secondary N) is 1.